The van der Waals surface area contributed by atoms with Crippen LogP contribution < -0.4 is 10.1 Å². The molecule has 1 aromatic carbocycles. The number of hydrogen-bond donors (Lipinski definition) is 1. The van der Waals surface area contributed by atoms with Gasteiger partial charge in [0.05, 0.1) is 4.47 Å². The maximum Gasteiger partial charge on any atom is 0.133 e. The third-order valence-corrected chi connectivity index (χ3v) is 2.73. The summed E-state index contributed by atoms with van der Waals surface area (Å²) in [5.41, 5.74) is 2.51. The molecule has 3 heteroatoms. The lowest BCUT2D eigenvalue weighted by molar-refractivity contribution is 0.359. The molecule has 0 amide bonds. The average Bonchev–Trinajstić information content (AvgIpc) is 2.21. The summed E-state index contributed by atoms with van der Waals surface area (Å²) >= 11 is 3.51. The number of hydrogen-bond acceptors (Lipinski definition) is 2. The van der Waals surface area contributed by atoms with Crippen molar-refractivity contribution in [1.82, 2.24) is 5.32 Å². The minimum Gasteiger partial charge on any atom is -0.488 e. The predicted molar refractivity (Wildman–Crippen MR) is 71.8 cm³/mol. The van der Waals surface area contributed by atoms with Gasteiger partial charge in [-0.25, -0.2) is 0 Å². The molecule has 1 rings (SSSR count). The first-order chi connectivity index (χ1) is 7.63. The van der Waals surface area contributed by atoms with Gasteiger partial charge in [0.25, 0.3) is 0 Å². The van der Waals surface area contributed by atoms with Crippen molar-refractivity contribution in [2.75, 3.05) is 13.7 Å². The Bertz CT molecular complexity index is 370. The summed E-state index contributed by atoms with van der Waals surface area (Å²) in [6.45, 7) is 5.61. The van der Waals surface area contributed by atoms with Gasteiger partial charge in [-0.15, -0.1) is 0 Å². The molecule has 2 nitrogen and oxygen atoms in total. The van der Waals surface area contributed by atoms with Gasteiger partial charge in [0.15, 0.2) is 0 Å². The molecule has 1 aromatic rings. The number of rotatable bonds is 5. The summed E-state index contributed by atoms with van der Waals surface area (Å²) < 4.78 is 6.64. The molecule has 0 unspecified atom stereocenters. The van der Waals surface area contributed by atoms with E-state index < -0.39 is 0 Å². The molecule has 88 valence electrons. The number of allylic oxidation sites excluding steroid dienone is 1. The van der Waals surface area contributed by atoms with E-state index in [1.165, 1.54) is 11.1 Å². The molecule has 0 spiro atoms. The van der Waals surface area contributed by atoms with Crippen molar-refractivity contribution in [2.24, 2.45) is 0 Å². The first-order valence-corrected chi connectivity index (χ1v) is 6.12. The zero-order chi connectivity index (χ0) is 12.0. The van der Waals surface area contributed by atoms with Crippen LogP contribution in [0.25, 0.3) is 0 Å². The fraction of sp³-hybridized carbons (Fsp3) is 0.385. The Morgan fingerprint density at radius 3 is 2.75 bits per heavy atom. The lowest BCUT2D eigenvalue weighted by atomic mass is 10.2. The third kappa shape index (κ3) is 4.37. The molecule has 0 radical (unpaired) electrons. The summed E-state index contributed by atoms with van der Waals surface area (Å²) in [5, 5.41) is 3.12. The van der Waals surface area contributed by atoms with Crippen LogP contribution in [0.3, 0.4) is 0 Å². The zero-order valence-electron chi connectivity index (χ0n) is 10.0. The Labute approximate surface area is 106 Å². The van der Waals surface area contributed by atoms with Gasteiger partial charge >= 0.3 is 0 Å². The van der Waals surface area contributed by atoms with Crippen LogP contribution in [0.5, 0.6) is 5.75 Å². The number of ether oxygens (including phenoxy) is 1. The summed E-state index contributed by atoms with van der Waals surface area (Å²) in [4.78, 5) is 0. The van der Waals surface area contributed by atoms with Gasteiger partial charge in [0.2, 0.25) is 0 Å². The molecule has 16 heavy (non-hydrogen) atoms. The highest BCUT2D eigenvalue weighted by Crippen LogP contribution is 2.26. The monoisotopic (exact) mass is 283 g/mol. The van der Waals surface area contributed by atoms with Gasteiger partial charge in [0.1, 0.15) is 12.4 Å². The normalized spacial score (nSPS) is 10.0. The summed E-state index contributed by atoms with van der Waals surface area (Å²) in [7, 11) is 1.94. The molecule has 0 aliphatic heterocycles. The van der Waals surface area contributed by atoms with Crippen LogP contribution in [0.15, 0.2) is 34.3 Å². The fourth-order valence-electron chi connectivity index (χ4n) is 1.27. The molecule has 0 atom stereocenters. The second-order valence-electron chi connectivity index (χ2n) is 3.89. The highest BCUT2D eigenvalue weighted by Gasteiger charge is 2.01. The van der Waals surface area contributed by atoms with E-state index >= 15 is 0 Å². The van der Waals surface area contributed by atoms with Gasteiger partial charge in [0, 0.05) is 6.54 Å². The molecule has 0 bridgehead atoms. The number of nitrogens with one attached hydrogen (secondary N) is 1. The zero-order valence-corrected chi connectivity index (χ0v) is 11.6. The topological polar surface area (TPSA) is 21.3 Å². The SMILES string of the molecule is CNCc1ccc(OCC=C(C)C)c(Br)c1. The molecule has 0 heterocycles. The first-order valence-electron chi connectivity index (χ1n) is 5.32. The van der Waals surface area contributed by atoms with Crippen molar-refractivity contribution >= 4 is 15.9 Å². The Kier molecular flexibility index (Phi) is 5.56. The maximum atomic E-state index is 5.64. The lowest BCUT2D eigenvalue weighted by Gasteiger charge is -2.08. The van der Waals surface area contributed by atoms with E-state index in [4.69, 9.17) is 4.74 Å². The summed E-state index contributed by atoms with van der Waals surface area (Å²) in [6, 6.07) is 6.14. The second-order valence-corrected chi connectivity index (χ2v) is 4.74. The molecule has 0 saturated heterocycles. The van der Waals surface area contributed by atoms with E-state index in [-0.39, 0.29) is 0 Å². The largest absolute Gasteiger partial charge is 0.488 e. The van der Waals surface area contributed by atoms with Crippen LogP contribution in [-0.2, 0) is 6.54 Å². The van der Waals surface area contributed by atoms with Crippen molar-refractivity contribution in [1.29, 1.82) is 0 Å². The molecular formula is C13H18BrNO. The van der Waals surface area contributed by atoms with Gasteiger partial charge in [-0.1, -0.05) is 11.6 Å². The maximum absolute atomic E-state index is 5.64. The van der Waals surface area contributed by atoms with Gasteiger partial charge in [-0.2, -0.15) is 0 Å². The van der Waals surface area contributed by atoms with Crippen LogP contribution in [0.1, 0.15) is 19.4 Å². The Morgan fingerprint density at radius 2 is 2.19 bits per heavy atom. The first kappa shape index (κ1) is 13.3. The van der Waals surface area contributed by atoms with E-state index in [2.05, 4.69) is 53.3 Å². The van der Waals surface area contributed by atoms with Crippen molar-refractivity contribution in [3.05, 3.63) is 39.9 Å². The highest BCUT2D eigenvalue weighted by molar-refractivity contribution is 9.10. The minimum absolute atomic E-state index is 0.617. The molecule has 0 saturated carbocycles. The van der Waals surface area contributed by atoms with E-state index in [0.29, 0.717) is 6.61 Å². The summed E-state index contributed by atoms with van der Waals surface area (Å²) in [5.74, 6) is 0.886. The van der Waals surface area contributed by atoms with Crippen LogP contribution in [0.2, 0.25) is 0 Å². The molecule has 0 fully saturated rings. The fourth-order valence-corrected chi connectivity index (χ4v) is 1.81. The van der Waals surface area contributed by atoms with Crippen molar-refractivity contribution in [3.63, 3.8) is 0 Å². The Hall–Kier alpha value is -0.800. The van der Waals surface area contributed by atoms with Gasteiger partial charge in [-0.3, -0.25) is 0 Å². The molecule has 0 aliphatic carbocycles. The van der Waals surface area contributed by atoms with E-state index in [1.54, 1.807) is 0 Å². The molecule has 0 aromatic heterocycles. The number of benzene rings is 1. The third-order valence-electron chi connectivity index (χ3n) is 2.11. The smallest absolute Gasteiger partial charge is 0.133 e. The van der Waals surface area contributed by atoms with E-state index in [1.807, 2.05) is 13.1 Å². The van der Waals surface area contributed by atoms with Crippen LogP contribution in [-0.4, -0.2) is 13.7 Å². The quantitative estimate of drug-likeness (QED) is 0.835. The number of halogens is 1. The van der Waals surface area contributed by atoms with Crippen molar-refractivity contribution in [2.45, 2.75) is 20.4 Å². The van der Waals surface area contributed by atoms with E-state index in [0.717, 1.165) is 16.8 Å². The molecule has 0 aliphatic rings. The summed E-state index contributed by atoms with van der Waals surface area (Å²) in [6.07, 6.45) is 2.06. The van der Waals surface area contributed by atoms with Crippen molar-refractivity contribution in [3.8, 4) is 5.75 Å². The average molecular weight is 284 g/mol. The van der Waals surface area contributed by atoms with Crippen LogP contribution in [0, 0.1) is 0 Å². The highest BCUT2D eigenvalue weighted by atomic mass is 79.9. The van der Waals surface area contributed by atoms with E-state index in [9.17, 15) is 0 Å². The molecular weight excluding hydrogens is 266 g/mol. The standard InChI is InChI=1S/C13H18BrNO/c1-10(2)6-7-16-13-5-4-11(9-15-3)8-12(13)14/h4-6,8,15H,7,9H2,1-3H3. The van der Waals surface area contributed by atoms with Crippen LogP contribution >= 0.6 is 15.9 Å². The molecule has 1 N–H and O–H groups in total. The van der Waals surface area contributed by atoms with Crippen LogP contribution in [0.4, 0.5) is 0 Å². The Balaban J connectivity index is 2.64. The predicted octanol–water partition coefficient (Wildman–Crippen LogP) is 3.51. The Morgan fingerprint density at radius 1 is 1.44 bits per heavy atom. The van der Waals surface area contributed by atoms with Crippen molar-refractivity contribution < 1.29 is 4.74 Å². The van der Waals surface area contributed by atoms with Gasteiger partial charge in [-0.05, 0) is 60.6 Å². The minimum atomic E-state index is 0.617. The van der Waals surface area contributed by atoms with Gasteiger partial charge < -0.3 is 10.1 Å². The second kappa shape index (κ2) is 6.71. The lowest BCUT2D eigenvalue weighted by Crippen LogP contribution is -2.05.